The molecule has 1 aromatic carbocycles. The fourth-order valence-corrected chi connectivity index (χ4v) is 3.41. The number of amides is 1. The van der Waals surface area contributed by atoms with Crippen LogP contribution in [0, 0.1) is 0 Å². The number of hydrogen-bond acceptors (Lipinski definition) is 3. The van der Waals surface area contributed by atoms with Gasteiger partial charge >= 0.3 is 7.12 Å². The summed E-state index contributed by atoms with van der Waals surface area (Å²) in [6.07, 6.45) is 0.882. The van der Waals surface area contributed by atoms with Crippen LogP contribution in [0.25, 0.3) is 0 Å². The zero-order chi connectivity index (χ0) is 17.0. The molecule has 4 nitrogen and oxygen atoms in total. The average Bonchev–Trinajstić information content (AvgIpc) is 2.67. The lowest BCUT2D eigenvalue weighted by molar-refractivity contribution is -0.131. The van der Waals surface area contributed by atoms with Gasteiger partial charge in [0.25, 0.3) is 0 Å². The second kappa shape index (κ2) is 5.35. The van der Waals surface area contributed by atoms with Crippen molar-refractivity contribution in [2.75, 3.05) is 6.54 Å². The molecular weight excluding hydrogens is 289 g/mol. The minimum atomic E-state index is -0.327. The molecule has 1 unspecified atom stereocenters. The highest BCUT2D eigenvalue weighted by Crippen LogP contribution is 2.37. The second-order valence-corrected chi connectivity index (χ2v) is 7.68. The van der Waals surface area contributed by atoms with E-state index < -0.39 is 0 Å². The lowest BCUT2D eigenvalue weighted by Gasteiger charge is -2.35. The molecule has 23 heavy (non-hydrogen) atoms. The highest BCUT2D eigenvalue weighted by molar-refractivity contribution is 6.62. The van der Waals surface area contributed by atoms with E-state index in [2.05, 4.69) is 52.8 Å². The molecule has 3 rings (SSSR count). The topological polar surface area (TPSA) is 38.8 Å². The Balaban J connectivity index is 1.88. The minimum absolute atomic E-state index is 0.128. The number of fused-ring (bicyclic) bond motifs is 1. The van der Waals surface area contributed by atoms with Crippen LogP contribution in [0.4, 0.5) is 0 Å². The molecule has 0 saturated carbocycles. The van der Waals surface area contributed by atoms with Crippen molar-refractivity contribution in [2.24, 2.45) is 0 Å². The first kappa shape index (κ1) is 16.5. The fourth-order valence-electron chi connectivity index (χ4n) is 3.41. The van der Waals surface area contributed by atoms with E-state index in [-0.39, 0.29) is 30.3 Å². The predicted molar refractivity (Wildman–Crippen MR) is 91.7 cm³/mol. The first-order valence-electron chi connectivity index (χ1n) is 8.38. The Morgan fingerprint density at radius 2 is 1.83 bits per heavy atom. The number of carbonyl (C=O) groups excluding carboxylic acids is 1. The number of hydrogen-bond donors (Lipinski definition) is 0. The molecule has 0 aromatic heterocycles. The number of nitrogens with zero attached hydrogens (tertiary/aromatic N) is 1. The Morgan fingerprint density at radius 1 is 1.22 bits per heavy atom. The Morgan fingerprint density at radius 3 is 2.39 bits per heavy atom. The van der Waals surface area contributed by atoms with E-state index in [9.17, 15) is 4.79 Å². The van der Waals surface area contributed by atoms with E-state index in [1.165, 1.54) is 11.1 Å². The zero-order valence-electron chi connectivity index (χ0n) is 15.0. The Kier molecular flexibility index (Phi) is 3.85. The molecular formula is C18H26BNO3. The van der Waals surface area contributed by atoms with Crippen LogP contribution in [-0.2, 0) is 20.5 Å². The summed E-state index contributed by atoms with van der Waals surface area (Å²) in [4.78, 5) is 13.7. The van der Waals surface area contributed by atoms with E-state index in [0.29, 0.717) is 0 Å². The van der Waals surface area contributed by atoms with Gasteiger partial charge in [0.2, 0.25) is 5.91 Å². The van der Waals surface area contributed by atoms with E-state index in [4.69, 9.17) is 9.31 Å². The predicted octanol–water partition coefficient (Wildman–Crippen LogP) is 2.45. The first-order chi connectivity index (χ1) is 10.6. The summed E-state index contributed by atoms with van der Waals surface area (Å²) in [5, 5.41) is 0. The van der Waals surface area contributed by atoms with Crippen LogP contribution in [0.3, 0.4) is 0 Å². The van der Waals surface area contributed by atoms with Crippen LogP contribution < -0.4 is 5.46 Å². The van der Waals surface area contributed by atoms with Crippen molar-refractivity contribution in [3.05, 3.63) is 29.3 Å². The normalized spacial score (nSPS) is 25.4. The summed E-state index contributed by atoms with van der Waals surface area (Å²) in [5.41, 5.74) is 2.93. The molecule has 1 aromatic rings. The van der Waals surface area contributed by atoms with Crippen LogP contribution in [0.5, 0.6) is 0 Å². The lowest BCUT2D eigenvalue weighted by Crippen LogP contribution is -2.41. The smallest absolute Gasteiger partial charge is 0.399 e. The molecule has 0 aliphatic carbocycles. The average molecular weight is 315 g/mol. The number of benzene rings is 1. The maximum Gasteiger partial charge on any atom is 0.494 e. The second-order valence-electron chi connectivity index (χ2n) is 7.68. The van der Waals surface area contributed by atoms with Gasteiger partial charge in [0, 0.05) is 13.5 Å². The van der Waals surface area contributed by atoms with Crippen LogP contribution in [-0.4, -0.2) is 35.7 Å². The summed E-state index contributed by atoms with van der Waals surface area (Å²) in [6, 6.07) is 6.51. The molecule has 1 amide bonds. The third-order valence-electron chi connectivity index (χ3n) is 5.64. The Hall–Kier alpha value is -1.33. The van der Waals surface area contributed by atoms with Crippen molar-refractivity contribution in [3.8, 4) is 0 Å². The third kappa shape index (κ3) is 2.70. The summed E-state index contributed by atoms with van der Waals surface area (Å²) in [5.74, 6) is 0.137. The molecule has 0 N–H and O–H groups in total. The molecule has 1 fully saturated rings. The standard InChI is InChI=1S/C18H26BNO3/c1-12-16-8-7-15(11-14(16)9-10-20(12)13(2)21)19-22-17(3,4)18(5,6)23-19/h7-8,11-12H,9-10H2,1-6H3. The summed E-state index contributed by atoms with van der Waals surface area (Å²) in [6.45, 7) is 12.8. The van der Waals surface area contributed by atoms with Gasteiger partial charge in [-0.25, -0.2) is 0 Å². The molecule has 1 atom stereocenters. The number of rotatable bonds is 1. The highest BCUT2D eigenvalue weighted by Gasteiger charge is 2.51. The summed E-state index contributed by atoms with van der Waals surface area (Å²) >= 11 is 0. The van der Waals surface area contributed by atoms with Gasteiger partial charge in [-0.3, -0.25) is 4.79 Å². The van der Waals surface area contributed by atoms with E-state index in [1.807, 2.05) is 4.90 Å². The molecule has 124 valence electrons. The molecule has 1 saturated heterocycles. The van der Waals surface area contributed by atoms with Gasteiger partial charge in [0.1, 0.15) is 0 Å². The molecule has 0 bridgehead atoms. The summed E-state index contributed by atoms with van der Waals surface area (Å²) < 4.78 is 12.3. The van der Waals surface area contributed by atoms with Crippen molar-refractivity contribution in [2.45, 2.75) is 65.2 Å². The van der Waals surface area contributed by atoms with Crippen LogP contribution in [0.2, 0.25) is 0 Å². The monoisotopic (exact) mass is 315 g/mol. The third-order valence-corrected chi connectivity index (χ3v) is 5.64. The highest BCUT2D eigenvalue weighted by atomic mass is 16.7. The van der Waals surface area contributed by atoms with Gasteiger partial charge in [0.15, 0.2) is 0 Å². The number of carbonyl (C=O) groups is 1. The van der Waals surface area contributed by atoms with Gasteiger partial charge in [0.05, 0.1) is 17.2 Å². The Labute approximate surface area is 139 Å². The SMILES string of the molecule is CC(=O)N1CCc2cc(B3OC(C)(C)C(C)(C)O3)ccc2C1C. The van der Waals surface area contributed by atoms with Crippen LogP contribution >= 0.6 is 0 Å². The largest absolute Gasteiger partial charge is 0.494 e. The van der Waals surface area contributed by atoms with Gasteiger partial charge in [-0.05, 0) is 57.6 Å². The van der Waals surface area contributed by atoms with Gasteiger partial charge < -0.3 is 14.2 Å². The van der Waals surface area contributed by atoms with E-state index in [0.717, 1.165) is 18.4 Å². The maximum atomic E-state index is 11.7. The van der Waals surface area contributed by atoms with Gasteiger partial charge in [-0.15, -0.1) is 0 Å². The van der Waals surface area contributed by atoms with E-state index >= 15 is 0 Å². The fraction of sp³-hybridized carbons (Fsp3) is 0.611. The van der Waals surface area contributed by atoms with Crippen molar-refractivity contribution >= 4 is 18.5 Å². The van der Waals surface area contributed by atoms with Crippen molar-refractivity contribution in [1.82, 2.24) is 4.90 Å². The van der Waals surface area contributed by atoms with E-state index in [1.54, 1.807) is 6.92 Å². The van der Waals surface area contributed by atoms with Crippen molar-refractivity contribution < 1.29 is 14.1 Å². The molecule has 2 heterocycles. The maximum absolute atomic E-state index is 11.7. The quantitative estimate of drug-likeness (QED) is 0.747. The lowest BCUT2D eigenvalue weighted by atomic mass is 9.76. The molecule has 0 spiro atoms. The molecule has 0 radical (unpaired) electrons. The van der Waals surface area contributed by atoms with Gasteiger partial charge in [-0.1, -0.05) is 18.2 Å². The van der Waals surface area contributed by atoms with Crippen LogP contribution in [0.15, 0.2) is 18.2 Å². The molecule has 5 heteroatoms. The molecule has 2 aliphatic heterocycles. The first-order valence-corrected chi connectivity index (χ1v) is 8.38. The van der Waals surface area contributed by atoms with Crippen LogP contribution in [0.1, 0.15) is 58.7 Å². The minimum Gasteiger partial charge on any atom is -0.399 e. The zero-order valence-corrected chi connectivity index (χ0v) is 15.0. The van der Waals surface area contributed by atoms with Gasteiger partial charge in [-0.2, -0.15) is 0 Å². The summed E-state index contributed by atoms with van der Waals surface area (Å²) in [7, 11) is -0.327. The Bertz CT molecular complexity index is 625. The van der Waals surface area contributed by atoms with Crippen molar-refractivity contribution in [1.29, 1.82) is 0 Å². The van der Waals surface area contributed by atoms with Crippen molar-refractivity contribution in [3.63, 3.8) is 0 Å². The molecule has 2 aliphatic rings.